The Morgan fingerprint density at radius 2 is 2.44 bits per heavy atom. The normalized spacial score (nSPS) is 9.44. The molecule has 1 aromatic rings. The van der Waals surface area contributed by atoms with Crippen molar-refractivity contribution in [2.45, 2.75) is 13.3 Å². The van der Waals surface area contributed by atoms with Gasteiger partial charge in [-0.1, -0.05) is 23.8 Å². The fourth-order valence-corrected chi connectivity index (χ4v) is 0.614. The molecule has 0 spiro atoms. The van der Waals surface area contributed by atoms with Crippen molar-refractivity contribution in [2.24, 2.45) is 0 Å². The van der Waals surface area contributed by atoms with Gasteiger partial charge in [0.25, 0.3) is 0 Å². The largest absolute Gasteiger partial charge is 0.244 e. The summed E-state index contributed by atoms with van der Waals surface area (Å²) < 4.78 is 4.46. The summed E-state index contributed by atoms with van der Waals surface area (Å²) in [6.07, 6.45) is 2.47. The van der Waals surface area contributed by atoms with Crippen molar-refractivity contribution in [1.29, 1.82) is 0 Å². The van der Waals surface area contributed by atoms with Gasteiger partial charge < -0.3 is 0 Å². The Hall–Kier alpha value is -1.12. The van der Waals surface area contributed by atoms with E-state index in [1.54, 1.807) is 6.08 Å². The molecule has 0 aliphatic carbocycles. The minimum absolute atomic E-state index is 0.748. The maximum Gasteiger partial charge on any atom is 0.130 e. The highest BCUT2D eigenvalue weighted by Crippen LogP contribution is 2.03. The van der Waals surface area contributed by atoms with Crippen LogP contribution >= 0.6 is 0 Å². The van der Waals surface area contributed by atoms with E-state index in [2.05, 4.69) is 21.5 Å². The van der Waals surface area contributed by atoms with Gasteiger partial charge in [-0.05, 0) is 12.5 Å². The molecule has 0 aromatic carbocycles. The van der Waals surface area contributed by atoms with Crippen LogP contribution in [0.3, 0.4) is 0 Å². The molecule has 3 heteroatoms. The van der Waals surface area contributed by atoms with Crippen LogP contribution in [-0.4, -0.2) is 10.3 Å². The summed E-state index contributed by atoms with van der Waals surface area (Å²) in [6, 6.07) is 0. The topological polar surface area (TPSA) is 38.9 Å². The summed E-state index contributed by atoms with van der Waals surface area (Å²) in [7, 11) is 0. The monoisotopic (exact) mass is 124 g/mol. The van der Waals surface area contributed by atoms with Gasteiger partial charge in [-0.3, -0.25) is 0 Å². The lowest BCUT2D eigenvalue weighted by Gasteiger charge is -1.82. The van der Waals surface area contributed by atoms with Gasteiger partial charge in [0, 0.05) is 0 Å². The van der Waals surface area contributed by atoms with Gasteiger partial charge in [-0.15, -0.1) is 0 Å². The van der Waals surface area contributed by atoms with Gasteiger partial charge in [0.2, 0.25) is 0 Å². The molecule has 3 nitrogen and oxygen atoms in total. The fourth-order valence-electron chi connectivity index (χ4n) is 0.614. The molecule has 1 rings (SSSR count). The van der Waals surface area contributed by atoms with Gasteiger partial charge in [-0.2, -0.15) is 0 Å². The number of hydrogen-bond acceptors (Lipinski definition) is 3. The van der Waals surface area contributed by atoms with Crippen LogP contribution in [-0.2, 0) is 6.42 Å². The lowest BCUT2D eigenvalue weighted by Crippen LogP contribution is -1.81. The fraction of sp³-hybridized carbons (Fsp3) is 0.333. The summed E-state index contributed by atoms with van der Waals surface area (Å²) in [4.78, 5) is 0. The molecular weight excluding hydrogens is 116 g/mol. The lowest BCUT2D eigenvalue weighted by atomic mass is 10.3. The third-order valence-electron chi connectivity index (χ3n) is 1.11. The number of aromatic nitrogens is 2. The Labute approximate surface area is 53.3 Å². The van der Waals surface area contributed by atoms with Crippen LogP contribution < -0.4 is 0 Å². The highest BCUT2D eigenvalue weighted by atomic mass is 16.6. The number of hydrogen-bond donors (Lipinski definition) is 0. The maximum absolute atomic E-state index is 4.46. The van der Waals surface area contributed by atoms with Crippen LogP contribution in [0.4, 0.5) is 0 Å². The van der Waals surface area contributed by atoms with Crippen molar-refractivity contribution in [2.75, 3.05) is 0 Å². The third-order valence-corrected chi connectivity index (χ3v) is 1.11. The lowest BCUT2D eigenvalue weighted by molar-refractivity contribution is 0.303. The van der Waals surface area contributed by atoms with Crippen molar-refractivity contribution in [1.82, 2.24) is 10.3 Å². The van der Waals surface area contributed by atoms with E-state index in [1.807, 2.05) is 6.92 Å². The Bertz CT molecular complexity index is 205. The first kappa shape index (κ1) is 6.01. The van der Waals surface area contributed by atoms with Crippen LogP contribution in [0.25, 0.3) is 6.08 Å². The zero-order valence-electron chi connectivity index (χ0n) is 5.29. The van der Waals surface area contributed by atoms with E-state index in [-0.39, 0.29) is 0 Å². The standard InChI is InChI=1S/C6H8N2O/c1-3-5-6(4-2)8-9-7-5/h3H,1,4H2,2H3. The second kappa shape index (κ2) is 2.44. The number of rotatable bonds is 2. The van der Waals surface area contributed by atoms with Gasteiger partial charge >= 0.3 is 0 Å². The Kier molecular flexibility index (Phi) is 1.63. The predicted molar refractivity (Wildman–Crippen MR) is 33.8 cm³/mol. The van der Waals surface area contributed by atoms with Crippen LogP contribution in [0.5, 0.6) is 0 Å². The molecule has 1 aromatic heterocycles. The molecule has 0 fully saturated rings. The molecule has 1 heterocycles. The smallest absolute Gasteiger partial charge is 0.130 e. The Balaban J connectivity index is 2.98. The minimum atomic E-state index is 0.748. The van der Waals surface area contributed by atoms with Gasteiger partial charge in [-0.25, -0.2) is 4.63 Å². The first-order chi connectivity index (χ1) is 4.38. The third kappa shape index (κ3) is 0.988. The highest BCUT2D eigenvalue weighted by molar-refractivity contribution is 5.42. The van der Waals surface area contributed by atoms with Crippen molar-refractivity contribution in [3.8, 4) is 0 Å². The molecular formula is C6H8N2O. The molecule has 0 unspecified atom stereocenters. The van der Waals surface area contributed by atoms with E-state index >= 15 is 0 Å². The molecule has 48 valence electrons. The van der Waals surface area contributed by atoms with E-state index in [0.717, 1.165) is 17.8 Å². The number of nitrogens with zero attached hydrogens (tertiary/aromatic N) is 2. The molecule has 0 saturated heterocycles. The summed E-state index contributed by atoms with van der Waals surface area (Å²) in [5, 5.41) is 7.25. The van der Waals surface area contributed by atoms with E-state index in [9.17, 15) is 0 Å². The van der Waals surface area contributed by atoms with Gasteiger partial charge in [0.1, 0.15) is 11.4 Å². The molecule has 0 atom stereocenters. The van der Waals surface area contributed by atoms with Crippen LogP contribution in [0, 0.1) is 0 Å². The molecule has 0 N–H and O–H groups in total. The van der Waals surface area contributed by atoms with E-state index in [1.165, 1.54) is 0 Å². The average Bonchev–Trinajstić information content (AvgIpc) is 2.33. The van der Waals surface area contributed by atoms with Crippen molar-refractivity contribution < 1.29 is 4.63 Å². The molecule has 0 aliphatic heterocycles. The first-order valence-corrected chi connectivity index (χ1v) is 2.82. The maximum atomic E-state index is 4.46. The van der Waals surface area contributed by atoms with Gasteiger partial charge in [0.05, 0.1) is 0 Å². The first-order valence-electron chi connectivity index (χ1n) is 2.82. The Morgan fingerprint density at radius 1 is 1.67 bits per heavy atom. The minimum Gasteiger partial charge on any atom is -0.244 e. The van der Waals surface area contributed by atoms with Crippen LogP contribution in [0.15, 0.2) is 11.2 Å². The second-order valence-electron chi connectivity index (χ2n) is 1.65. The molecule has 0 amide bonds. The van der Waals surface area contributed by atoms with Crippen LogP contribution in [0.1, 0.15) is 18.3 Å². The highest BCUT2D eigenvalue weighted by Gasteiger charge is 2.01. The summed E-state index contributed by atoms with van der Waals surface area (Å²) >= 11 is 0. The number of aryl methyl sites for hydroxylation is 1. The van der Waals surface area contributed by atoms with Crippen molar-refractivity contribution in [3.63, 3.8) is 0 Å². The van der Waals surface area contributed by atoms with E-state index in [4.69, 9.17) is 0 Å². The molecule has 0 bridgehead atoms. The van der Waals surface area contributed by atoms with Crippen molar-refractivity contribution >= 4 is 6.08 Å². The Morgan fingerprint density at radius 3 is 2.89 bits per heavy atom. The van der Waals surface area contributed by atoms with E-state index in [0.29, 0.717) is 0 Å². The summed E-state index contributed by atoms with van der Waals surface area (Å²) in [5.74, 6) is 0. The average molecular weight is 124 g/mol. The molecule has 0 aliphatic rings. The second-order valence-corrected chi connectivity index (χ2v) is 1.65. The summed E-state index contributed by atoms with van der Waals surface area (Å²) in [6.45, 7) is 5.54. The SMILES string of the molecule is C=Cc1nonc1CC. The zero-order valence-corrected chi connectivity index (χ0v) is 5.29. The summed E-state index contributed by atoms with van der Waals surface area (Å²) in [5.41, 5.74) is 1.61. The molecule has 9 heavy (non-hydrogen) atoms. The molecule has 0 saturated carbocycles. The van der Waals surface area contributed by atoms with Crippen LogP contribution in [0.2, 0.25) is 0 Å². The van der Waals surface area contributed by atoms with Crippen molar-refractivity contribution in [3.05, 3.63) is 18.0 Å². The van der Waals surface area contributed by atoms with Gasteiger partial charge in [0.15, 0.2) is 0 Å². The van der Waals surface area contributed by atoms with E-state index < -0.39 is 0 Å². The quantitative estimate of drug-likeness (QED) is 0.596. The zero-order chi connectivity index (χ0) is 6.69. The predicted octanol–water partition coefficient (Wildman–Crippen LogP) is 1.27. The molecule has 0 radical (unpaired) electrons.